The van der Waals surface area contributed by atoms with Crippen molar-refractivity contribution in [3.05, 3.63) is 64.1 Å². The Kier molecular flexibility index (Phi) is 5.84. The molecule has 0 aliphatic carbocycles. The molecule has 0 spiro atoms. The molecule has 4 nitrogen and oxygen atoms in total. The van der Waals surface area contributed by atoms with Gasteiger partial charge < -0.3 is 10.0 Å². The van der Waals surface area contributed by atoms with Crippen LogP contribution in [0.1, 0.15) is 24.4 Å². The first-order valence-electron chi connectivity index (χ1n) is 8.31. The molecule has 1 saturated heterocycles. The van der Waals surface area contributed by atoms with Crippen LogP contribution in [0.25, 0.3) is 0 Å². The van der Waals surface area contributed by atoms with Crippen LogP contribution in [0.4, 0.5) is 10.5 Å². The van der Waals surface area contributed by atoms with E-state index in [0.29, 0.717) is 29.6 Å². The van der Waals surface area contributed by atoms with Gasteiger partial charge in [0.1, 0.15) is 0 Å². The van der Waals surface area contributed by atoms with Crippen LogP contribution >= 0.6 is 23.2 Å². The molecule has 1 unspecified atom stereocenters. The molecule has 1 N–H and O–H groups in total. The van der Waals surface area contributed by atoms with Gasteiger partial charge in [0, 0.05) is 25.4 Å². The molecule has 1 fully saturated rings. The lowest BCUT2D eigenvalue weighted by Crippen LogP contribution is -2.51. The van der Waals surface area contributed by atoms with Crippen molar-refractivity contribution < 1.29 is 9.90 Å². The van der Waals surface area contributed by atoms with Crippen LogP contribution in [0, 0.1) is 0 Å². The van der Waals surface area contributed by atoms with Gasteiger partial charge in [-0.05, 0) is 42.7 Å². The van der Waals surface area contributed by atoms with E-state index in [1.54, 1.807) is 17.0 Å². The number of urea groups is 1. The van der Waals surface area contributed by atoms with Crippen molar-refractivity contribution in [2.45, 2.75) is 18.9 Å². The van der Waals surface area contributed by atoms with Crippen molar-refractivity contribution in [3.63, 3.8) is 0 Å². The number of benzene rings is 2. The van der Waals surface area contributed by atoms with Crippen molar-refractivity contribution in [2.75, 3.05) is 24.6 Å². The molecule has 2 aromatic rings. The highest BCUT2D eigenvalue weighted by Crippen LogP contribution is 2.33. The molecule has 1 aliphatic heterocycles. The van der Waals surface area contributed by atoms with E-state index in [0.717, 1.165) is 17.7 Å². The summed E-state index contributed by atoms with van der Waals surface area (Å²) >= 11 is 12.2. The predicted molar refractivity (Wildman–Crippen MR) is 101 cm³/mol. The fourth-order valence-corrected chi connectivity index (χ4v) is 3.53. The Labute approximate surface area is 157 Å². The van der Waals surface area contributed by atoms with Gasteiger partial charge in [0.25, 0.3) is 0 Å². The van der Waals surface area contributed by atoms with E-state index in [1.807, 2.05) is 41.3 Å². The maximum Gasteiger partial charge on any atom is 0.324 e. The Morgan fingerprint density at radius 1 is 1.04 bits per heavy atom. The zero-order valence-electron chi connectivity index (χ0n) is 13.7. The SMILES string of the molecule is O=C1N(c2ccccc2)CCCN1C(CCO)c1ccc(Cl)c(Cl)c1. The molecule has 132 valence electrons. The Balaban J connectivity index is 1.90. The number of carbonyl (C=O) groups is 1. The lowest BCUT2D eigenvalue weighted by atomic mass is 10.0. The number of rotatable bonds is 5. The van der Waals surface area contributed by atoms with Crippen LogP contribution < -0.4 is 4.90 Å². The summed E-state index contributed by atoms with van der Waals surface area (Å²) in [6, 6.07) is 14.7. The molecule has 3 rings (SSSR count). The van der Waals surface area contributed by atoms with Gasteiger partial charge in [-0.15, -0.1) is 0 Å². The number of aliphatic hydroxyl groups excluding tert-OH is 1. The topological polar surface area (TPSA) is 43.8 Å². The van der Waals surface area contributed by atoms with E-state index in [2.05, 4.69) is 0 Å². The highest BCUT2D eigenvalue weighted by molar-refractivity contribution is 6.42. The number of carbonyl (C=O) groups excluding carboxylic acids is 1. The molecular formula is C19H20Cl2N2O2. The van der Waals surface area contributed by atoms with Gasteiger partial charge in [-0.3, -0.25) is 4.90 Å². The number of nitrogens with zero attached hydrogens (tertiary/aromatic N) is 2. The molecule has 6 heteroatoms. The third-order valence-corrected chi connectivity index (χ3v) is 5.17. The molecule has 0 aromatic heterocycles. The van der Waals surface area contributed by atoms with Gasteiger partial charge in [0.15, 0.2) is 0 Å². The smallest absolute Gasteiger partial charge is 0.324 e. The molecule has 2 amide bonds. The summed E-state index contributed by atoms with van der Waals surface area (Å²) in [5.41, 5.74) is 1.76. The summed E-state index contributed by atoms with van der Waals surface area (Å²) < 4.78 is 0. The third kappa shape index (κ3) is 3.92. The predicted octanol–water partition coefficient (Wildman–Crippen LogP) is 4.75. The minimum Gasteiger partial charge on any atom is -0.396 e. The summed E-state index contributed by atoms with van der Waals surface area (Å²) in [6.45, 7) is 1.32. The number of halogens is 2. The Morgan fingerprint density at radius 2 is 1.80 bits per heavy atom. The first-order valence-corrected chi connectivity index (χ1v) is 9.06. The van der Waals surface area contributed by atoms with Crippen LogP contribution in [0.2, 0.25) is 10.0 Å². The van der Waals surface area contributed by atoms with E-state index in [4.69, 9.17) is 23.2 Å². The maximum absolute atomic E-state index is 13.1. The Bertz CT molecular complexity index is 739. The Hall–Kier alpha value is -1.75. The fourth-order valence-electron chi connectivity index (χ4n) is 3.23. The van der Waals surface area contributed by atoms with E-state index < -0.39 is 0 Å². The van der Waals surface area contributed by atoms with Crippen molar-refractivity contribution in [2.24, 2.45) is 0 Å². The van der Waals surface area contributed by atoms with Crippen LogP contribution in [0.5, 0.6) is 0 Å². The number of aliphatic hydroxyl groups is 1. The van der Waals surface area contributed by atoms with Crippen molar-refractivity contribution in [1.82, 2.24) is 4.90 Å². The maximum atomic E-state index is 13.1. The molecule has 0 radical (unpaired) electrons. The van der Waals surface area contributed by atoms with Gasteiger partial charge in [-0.25, -0.2) is 4.79 Å². The van der Waals surface area contributed by atoms with Crippen molar-refractivity contribution in [1.29, 1.82) is 0 Å². The first kappa shape index (κ1) is 18.1. The fraction of sp³-hybridized carbons (Fsp3) is 0.316. The largest absolute Gasteiger partial charge is 0.396 e. The average molecular weight is 379 g/mol. The molecule has 0 saturated carbocycles. The lowest BCUT2D eigenvalue weighted by molar-refractivity contribution is 0.152. The zero-order valence-corrected chi connectivity index (χ0v) is 15.2. The normalized spacial score (nSPS) is 16.2. The van der Waals surface area contributed by atoms with Gasteiger partial charge in [0.2, 0.25) is 0 Å². The summed E-state index contributed by atoms with van der Waals surface area (Å²) in [7, 11) is 0. The number of para-hydroxylation sites is 1. The molecule has 1 atom stereocenters. The van der Waals surface area contributed by atoms with E-state index in [-0.39, 0.29) is 18.7 Å². The summed E-state index contributed by atoms with van der Waals surface area (Å²) in [5.74, 6) is 0. The minimum atomic E-state index is -0.237. The zero-order chi connectivity index (χ0) is 17.8. The molecule has 1 aliphatic rings. The van der Waals surface area contributed by atoms with Gasteiger partial charge in [-0.1, -0.05) is 47.5 Å². The van der Waals surface area contributed by atoms with E-state index in [9.17, 15) is 9.90 Å². The summed E-state index contributed by atoms with van der Waals surface area (Å²) in [5, 5.41) is 10.4. The highest BCUT2D eigenvalue weighted by atomic mass is 35.5. The standard InChI is InChI=1S/C19H20Cl2N2O2/c20-16-8-7-14(13-17(16)21)18(9-12-24)23-11-4-10-22(19(23)25)15-5-2-1-3-6-15/h1-3,5-8,13,18,24H,4,9-12H2. The van der Waals surface area contributed by atoms with Crippen molar-refractivity contribution >= 4 is 34.9 Å². The quantitative estimate of drug-likeness (QED) is 0.815. The monoisotopic (exact) mass is 378 g/mol. The average Bonchev–Trinajstić information content (AvgIpc) is 2.63. The van der Waals surface area contributed by atoms with E-state index in [1.165, 1.54) is 0 Å². The van der Waals surface area contributed by atoms with Crippen molar-refractivity contribution in [3.8, 4) is 0 Å². The molecule has 0 bridgehead atoms. The molecule has 2 aromatic carbocycles. The highest BCUT2D eigenvalue weighted by Gasteiger charge is 2.32. The second-order valence-corrected chi connectivity index (χ2v) is 6.83. The molecular weight excluding hydrogens is 359 g/mol. The number of hydrogen-bond acceptors (Lipinski definition) is 2. The van der Waals surface area contributed by atoms with E-state index >= 15 is 0 Å². The lowest BCUT2D eigenvalue weighted by Gasteiger charge is -2.40. The number of amides is 2. The van der Waals surface area contributed by atoms with Gasteiger partial charge >= 0.3 is 6.03 Å². The number of anilines is 1. The van der Waals surface area contributed by atoms with Crippen LogP contribution in [0.15, 0.2) is 48.5 Å². The second kappa shape index (κ2) is 8.09. The van der Waals surface area contributed by atoms with Gasteiger partial charge in [-0.2, -0.15) is 0 Å². The third-order valence-electron chi connectivity index (χ3n) is 4.43. The molecule has 1 heterocycles. The Morgan fingerprint density at radius 3 is 2.48 bits per heavy atom. The van der Waals surface area contributed by atoms with Crippen LogP contribution in [0.3, 0.4) is 0 Å². The molecule has 25 heavy (non-hydrogen) atoms. The summed E-state index contributed by atoms with van der Waals surface area (Å²) in [4.78, 5) is 16.7. The number of hydrogen-bond donors (Lipinski definition) is 1. The van der Waals surface area contributed by atoms with Crippen LogP contribution in [-0.2, 0) is 0 Å². The minimum absolute atomic E-state index is 0.0139. The second-order valence-electron chi connectivity index (χ2n) is 6.02. The van der Waals surface area contributed by atoms with Gasteiger partial charge in [0.05, 0.1) is 16.1 Å². The van der Waals surface area contributed by atoms with Crippen LogP contribution in [-0.4, -0.2) is 35.7 Å². The first-order chi connectivity index (χ1) is 12.1. The summed E-state index contributed by atoms with van der Waals surface area (Å²) in [6.07, 6.45) is 1.32.